The molecule has 0 aliphatic heterocycles. The molecule has 0 heterocycles. The quantitative estimate of drug-likeness (QED) is 0.339. The van der Waals surface area contributed by atoms with Crippen molar-refractivity contribution in [1.82, 2.24) is 0 Å². The largest absolute Gasteiger partial charge is 2.00 e. The first-order valence-corrected chi connectivity index (χ1v) is 0. The maximum Gasteiger partial charge on any atom is 2.00 e. The maximum atomic E-state index is 0. The first kappa shape index (κ1) is 76.4. The van der Waals surface area contributed by atoms with E-state index in [1.807, 2.05) is 0 Å². The zero-order valence-electron chi connectivity index (χ0n) is 1.87. The normalized spacial score (nSPS) is 0. The molecule has 0 aromatic carbocycles. The Hall–Kier alpha value is 1.68. The molecule has 0 amide bonds. The van der Waals surface area contributed by atoms with Gasteiger partial charge in [0.25, 0.3) is 0 Å². The molecule has 0 nitrogen and oxygen atoms in total. The summed E-state index contributed by atoms with van der Waals surface area (Å²) in [4.78, 5) is 0. The average molecular weight is 198 g/mol. The van der Waals surface area contributed by atoms with E-state index in [-0.39, 0.29) is 66.7 Å². The van der Waals surface area contributed by atoms with Gasteiger partial charge in [0.15, 0.2) is 0 Å². The van der Waals surface area contributed by atoms with Crippen LogP contribution in [0.3, 0.4) is 0 Å². The van der Waals surface area contributed by atoms with Gasteiger partial charge in [-0.15, -0.1) is 0 Å². The van der Waals surface area contributed by atoms with Crippen molar-refractivity contribution >= 4 is 0 Å². The van der Waals surface area contributed by atoms with Crippen LogP contribution in [0.2, 0.25) is 0 Å². The molecule has 0 radical (unpaired) electrons. The molecular formula is Cl4Fe-2. The first-order chi connectivity index (χ1) is 0. The summed E-state index contributed by atoms with van der Waals surface area (Å²) in [6.45, 7) is 0. The molecule has 0 rings (SSSR count). The van der Waals surface area contributed by atoms with E-state index in [9.17, 15) is 0 Å². The summed E-state index contributed by atoms with van der Waals surface area (Å²) in [5.74, 6) is 0. The van der Waals surface area contributed by atoms with Crippen molar-refractivity contribution in [3.63, 3.8) is 0 Å². The average Bonchev–Trinajstić information content (AvgIpc) is 0. The van der Waals surface area contributed by atoms with Crippen molar-refractivity contribution in [2.75, 3.05) is 0 Å². The molecule has 0 aliphatic rings. The summed E-state index contributed by atoms with van der Waals surface area (Å²) in [7, 11) is 0. The van der Waals surface area contributed by atoms with E-state index >= 15 is 0 Å². The Labute approximate surface area is 66.6 Å². The van der Waals surface area contributed by atoms with Gasteiger partial charge in [0, 0.05) is 0 Å². The first-order valence-electron chi connectivity index (χ1n) is 0. The summed E-state index contributed by atoms with van der Waals surface area (Å²) < 4.78 is 0. The van der Waals surface area contributed by atoms with Crippen LogP contribution >= 0.6 is 0 Å². The van der Waals surface area contributed by atoms with Gasteiger partial charge in [-0.2, -0.15) is 0 Å². The van der Waals surface area contributed by atoms with Gasteiger partial charge >= 0.3 is 17.1 Å². The summed E-state index contributed by atoms with van der Waals surface area (Å²) in [6, 6.07) is 0. The van der Waals surface area contributed by atoms with Gasteiger partial charge in [-0.25, -0.2) is 0 Å². The molecule has 0 aliphatic carbocycles. The van der Waals surface area contributed by atoms with Crippen molar-refractivity contribution in [3.8, 4) is 0 Å². The molecule has 0 atom stereocenters. The molecule has 0 aromatic heterocycles. The number of halogens is 4. The van der Waals surface area contributed by atoms with Crippen LogP contribution in [0.25, 0.3) is 0 Å². The van der Waals surface area contributed by atoms with Gasteiger partial charge in [0.2, 0.25) is 0 Å². The van der Waals surface area contributed by atoms with Crippen LogP contribution in [-0.4, -0.2) is 0 Å². The van der Waals surface area contributed by atoms with Crippen LogP contribution in [-0.2, 0) is 17.1 Å². The van der Waals surface area contributed by atoms with Crippen LogP contribution in [0.5, 0.6) is 0 Å². The number of hydrogen-bond donors (Lipinski definition) is 0. The van der Waals surface area contributed by atoms with Gasteiger partial charge in [0.1, 0.15) is 0 Å². The number of rotatable bonds is 0. The van der Waals surface area contributed by atoms with Crippen LogP contribution in [0, 0.1) is 0 Å². The second kappa shape index (κ2) is 44.1. The maximum absolute atomic E-state index is 0. The van der Waals surface area contributed by atoms with Gasteiger partial charge in [-0.05, 0) is 0 Å². The van der Waals surface area contributed by atoms with Crippen LogP contribution in [0.1, 0.15) is 0 Å². The molecule has 0 aromatic rings. The summed E-state index contributed by atoms with van der Waals surface area (Å²) >= 11 is 0. The van der Waals surface area contributed by atoms with Gasteiger partial charge in [0.05, 0.1) is 0 Å². The van der Waals surface area contributed by atoms with E-state index in [4.69, 9.17) is 0 Å². The third kappa shape index (κ3) is 27.3. The Balaban J connectivity index is 0. The van der Waals surface area contributed by atoms with E-state index in [2.05, 4.69) is 0 Å². The Morgan fingerprint density at radius 2 is 0.400 bits per heavy atom. The molecular weight excluding hydrogens is 198 g/mol. The van der Waals surface area contributed by atoms with Crippen LogP contribution in [0.15, 0.2) is 0 Å². The fourth-order valence-electron chi connectivity index (χ4n) is 0. The molecule has 0 saturated carbocycles. The summed E-state index contributed by atoms with van der Waals surface area (Å²) in [5, 5.41) is 0. The van der Waals surface area contributed by atoms with Gasteiger partial charge < -0.3 is 49.6 Å². The zero-order valence-corrected chi connectivity index (χ0v) is 5.99. The Kier molecular flexibility index (Phi) is 674. The molecule has 38 valence electrons. The Morgan fingerprint density at radius 1 is 0.400 bits per heavy atom. The van der Waals surface area contributed by atoms with E-state index in [1.54, 1.807) is 0 Å². The van der Waals surface area contributed by atoms with Crippen molar-refractivity contribution in [1.29, 1.82) is 0 Å². The molecule has 0 spiro atoms. The topological polar surface area (TPSA) is 0 Å². The summed E-state index contributed by atoms with van der Waals surface area (Å²) in [5.41, 5.74) is 0. The van der Waals surface area contributed by atoms with Crippen molar-refractivity contribution in [2.24, 2.45) is 0 Å². The molecule has 0 saturated heterocycles. The van der Waals surface area contributed by atoms with E-state index < -0.39 is 0 Å². The molecule has 5 heteroatoms. The molecule has 0 bridgehead atoms. The second-order valence-corrected chi connectivity index (χ2v) is 0. The molecule has 0 N–H and O–H groups in total. The monoisotopic (exact) mass is 196 g/mol. The minimum absolute atomic E-state index is 0. The van der Waals surface area contributed by atoms with E-state index in [0.717, 1.165) is 0 Å². The van der Waals surface area contributed by atoms with Crippen molar-refractivity contribution < 1.29 is 66.7 Å². The molecule has 0 unspecified atom stereocenters. The van der Waals surface area contributed by atoms with Crippen LogP contribution < -0.4 is 49.6 Å². The smallest absolute Gasteiger partial charge is 1.00 e. The Bertz CT molecular complexity index is 3.61. The predicted octanol–water partition coefficient (Wildman–Crippen LogP) is -12.0. The minimum Gasteiger partial charge on any atom is -1.00 e. The SMILES string of the molecule is [Cl-].[Cl-].[Cl-].[Cl-].[Fe+2]. The van der Waals surface area contributed by atoms with Crippen LogP contribution in [0.4, 0.5) is 0 Å². The van der Waals surface area contributed by atoms with E-state index in [1.165, 1.54) is 0 Å². The fraction of sp³-hybridized carbons (Fsp3) is 0. The van der Waals surface area contributed by atoms with Crippen molar-refractivity contribution in [2.45, 2.75) is 0 Å². The van der Waals surface area contributed by atoms with Crippen molar-refractivity contribution in [3.05, 3.63) is 0 Å². The third-order valence-corrected chi connectivity index (χ3v) is 0. The second-order valence-electron chi connectivity index (χ2n) is 0. The summed E-state index contributed by atoms with van der Waals surface area (Å²) in [6.07, 6.45) is 0. The standard InChI is InChI=1S/4ClH.Fe/h4*1H;/q;;;;+2/p-4. The third-order valence-electron chi connectivity index (χ3n) is 0. The number of hydrogen-bond acceptors (Lipinski definition) is 0. The van der Waals surface area contributed by atoms with Gasteiger partial charge in [-0.3, -0.25) is 0 Å². The fourth-order valence-corrected chi connectivity index (χ4v) is 0. The minimum atomic E-state index is 0. The Morgan fingerprint density at radius 3 is 0.400 bits per heavy atom. The molecule has 5 heavy (non-hydrogen) atoms. The van der Waals surface area contributed by atoms with E-state index in [0.29, 0.717) is 0 Å². The molecule has 0 fully saturated rings. The predicted molar refractivity (Wildman–Crippen MR) is 0 cm³/mol. The van der Waals surface area contributed by atoms with Gasteiger partial charge in [-0.1, -0.05) is 0 Å². The zero-order chi connectivity index (χ0) is 0.